The highest BCUT2D eigenvalue weighted by atomic mass is 16.5. The van der Waals surface area contributed by atoms with Crippen LogP contribution in [0.3, 0.4) is 0 Å². The molecule has 0 rings (SSSR count). The molecule has 0 aliphatic carbocycles. The van der Waals surface area contributed by atoms with Gasteiger partial charge in [-0.2, -0.15) is 0 Å². The Morgan fingerprint density at radius 3 is 1.69 bits per heavy atom. The van der Waals surface area contributed by atoms with Crippen LogP contribution in [-0.4, -0.2) is 24.9 Å². The van der Waals surface area contributed by atoms with E-state index in [0.717, 1.165) is 0 Å². The van der Waals surface area contributed by atoms with E-state index in [2.05, 4.69) is 27.7 Å². The van der Waals surface area contributed by atoms with Crippen LogP contribution in [0.1, 0.15) is 41.5 Å². The summed E-state index contributed by atoms with van der Waals surface area (Å²) in [5.41, 5.74) is 0. The van der Waals surface area contributed by atoms with Crippen molar-refractivity contribution in [3.63, 3.8) is 0 Å². The molecule has 0 aromatic carbocycles. The van der Waals surface area contributed by atoms with Crippen LogP contribution in [0.4, 0.5) is 0 Å². The highest BCUT2D eigenvalue weighted by Gasteiger charge is 2.16. The Hall–Kier alpha value is -0.0800. The second-order valence-electron chi connectivity index (χ2n) is 4.35. The molecule has 0 aliphatic rings. The molecule has 0 aromatic heterocycles. The van der Waals surface area contributed by atoms with Crippen molar-refractivity contribution < 1.29 is 9.47 Å². The van der Waals surface area contributed by atoms with Gasteiger partial charge in [-0.05, 0) is 33.6 Å². The minimum absolute atomic E-state index is 0.224. The predicted molar refractivity (Wildman–Crippen MR) is 55.9 cm³/mol. The summed E-state index contributed by atoms with van der Waals surface area (Å²) < 4.78 is 11.3. The third-order valence-corrected chi connectivity index (χ3v) is 1.78. The largest absolute Gasteiger partial charge is 0.376 e. The van der Waals surface area contributed by atoms with E-state index >= 15 is 0 Å². The maximum atomic E-state index is 5.74. The molecule has 0 fully saturated rings. The van der Waals surface area contributed by atoms with Gasteiger partial charge in [-0.25, -0.2) is 0 Å². The summed E-state index contributed by atoms with van der Waals surface area (Å²) in [6.45, 7) is 13.2. The first-order chi connectivity index (χ1) is 5.93. The van der Waals surface area contributed by atoms with E-state index < -0.39 is 0 Å². The lowest BCUT2D eigenvalue weighted by Crippen LogP contribution is -2.29. The lowest BCUT2D eigenvalue weighted by Gasteiger charge is -2.24. The predicted octanol–water partition coefficient (Wildman–Crippen LogP) is 2.86. The quantitative estimate of drug-likeness (QED) is 0.638. The van der Waals surface area contributed by atoms with Crippen LogP contribution in [0.15, 0.2) is 0 Å². The summed E-state index contributed by atoms with van der Waals surface area (Å²) in [5, 5.41) is 0. The summed E-state index contributed by atoms with van der Waals surface area (Å²) >= 11 is 0. The van der Waals surface area contributed by atoms with E-state index in [1.54, 1.807) is 0 Å². The molecule has 13 heavy (non-hydrogen) atoms. The van der Waals surface area contributed by atoms with Gasteiger partial charge in [-0.1, -0.05) is 13.8 Å². The van der Waals surface area contributed by atoms with E-state index in [4.69, 9.17) is 9.47 Å². The van der Waals surface area contributed by atoms with Gasteiger partial charge in [-0.3, -0.25) is 0 Å². The Bertz CT molecular complexity index is 119. The molecule has 0 amide bonds. The van der Waals surface area contributed by atoms with Gasteiger partial charge in [0.25, 0.3) is 0 Å². The standard InChI is InChI=1S/C11H24O2/c1-8(2)11(13-10(5)6)7-12-9(3)4/h8-11H,7H2,1-6H3. The molecule has 0 radical (unpaired) electrons. The third-order valence-electron chi connectivity index (χ3n) is 1.78. The molecular formula is C11H24O2. The van der Waals surface area contributed by atoms with Crippen molar-refractivity contribution in [3.05, 3.63) is 0 Å². The SMILES string of the molecule is CC(C)OCC(OC(C)C)C(C)C. The Morgan fingerprint density at radius 1 is 0.846 bits per heavy atom. The van der Waals surface area contributed by atoms with Crippen molar-refractivity contribution in [2.45, 2.75) is 59.9 Å². The molecule has 1 unspecified atom stereocenters. The Kier molecular flexibility index (Phi) is 6.35. The average molecular weight is 188 g/mol. The Balaban J connectivity index is 3.81. The van der Waals surface area contributed by atoms with Crippen LogP contribution in [0.5, 0.6) is 0 Å². The Morgan fingerprint density at radius 2 is 1.38 bits per heavy atom. The summed E-state index contributed by atoms with van der Waals surface area (Å²) in [7, 11) is 0. The number of hydrogen-bond acceptors (Lipinski definition) is 2. The molecule has 0 spiro atoms. The fourth-order valence-electron chi connectivity index (χ4n) is 1.03. The van der Waals surface area contributed by atoms with Crippen LogP contribution >= 0.6 is 0 Å². The van der Waals surface area contributed by atoms with E-state index in [-0.39, 0.29) is 18.3 Å². The molecule has 0 N–H and O–H groups in total. The van der Waals surface area contributed by atoms with Crippen molar-refractivity contribution >= 4 is 0 Å². The number of hydrogen-bond donors (Lipinski definition) is 0. The van der Waals surface area contributed by atoms with Crippen LogP contribution in [0, 0.1) is 5.92 Å². The second kappa shape index (κ2) is 6.39. The minimum atomic E-state index is 0.224. The van der Waals surface area contributed by atoms with Crippen LogP contribution in [-0.2, 0) is 9.47 Å². The van der Waals surface area contributed by atoms with Crippen molar-refractivity contribution in [2.75, 3.05) is 6.61 Å². The number of rotatable bonds is 6. The molecule has 0 heterocycles. The van der Waals surface area contributed by atoms with Gasteiger partial charge < -0.3 is 9.47 Å². The fraction of sp³-hybridized carbons (Fsp3) is 1.00. The fourth-order valence-corrected chi connectivity index (χ4v) is 1.03. The van der Waals surface area contributed by atoms with E-state index in [1.807, 2.05) is 13.8 Å². The molecule has 0 aromatic rings. The first kappa shape index (κ1) is 12.9. The van der Waals surface area contributed by atoms with Crippen molar-refractivity contribution in [2.24, 2.45) is 5.92 Å². The van der Waals surface area contributed by atoms with Crippen molar-refractivity contribution in [1.82, 2.24) is 0 Å². The highest BCUT2D eigenvalue weighted by Crippen LogP contribution is 2.10. The highest BCUT2D eigenvalue weighted by molar-refractivity contribution is 4.63. The first-order valence-corrected chi connectivity index (χ1v) is 5.20. The normalized spacial score (nSPS) is 14.5. The van der Waals surface area contributed by atoms with Crippen LogP contribution in [0.25, 0.3) is 0 Å². The van der Waals surface area contributed by atoms with E-state index in [0.29, 0.717) is 12.5 Å². The molecule has 80 valence electrons. The monoisotopic (exact) mass is 188 g/mol. The molecule has 0 aliphatic heterocycles. The minimum Gasteiger partial charge on any atom is -0.376 e. The molecular weight excluding hydrogens is 164 g/mol. The van der Waals surface area contributed by atoms with Gasteiger partial charge in [0, 0.05) is 0 Å². The molecule has 2 heteroatoms. The maximum absolute atomic E-state index is 5.74. The molecule has 2 nitrogen and oxygen atoms in total. The topological polar surface area (TPSA) is 18.5 Å². The first-order valence-electron chi connectivity index (χ1n) is 5.20. The van der Waals surface area contributed by atoms with E-state index in [1.165, 1.54) is 0 Å². The summed E-state index contributed by atoms with van der Waals surface area (Å²) in [6, 6.07) is 0. The van der Waals surface area contributed by atoms with Crippen LogP contribution < -0.4 is 0 Å². The third kappa shape index (κ3) is 7.03. The summed E-state index contributed by atoms with van der Waals surface area (Å²) in [4.78, 5) is 0. The smallest absolute Gasteiger partial charge is 0.0834 e. The summed E-state index contributed by atoms with van der Waals surface area (Å²) in [5.74, 6) is 0.515. The van der Waals surface area contributed by atoms with Crippen molar-refractivity contribution in [1.29, 1.82) is 0 Å². The molecule has 0 saturated heterocycles. The lowest BCUT2D eigenvalue weighted by molar-refractivity contribution is -0.0774. The van der Waals surface area contributed by atoms with Gasteiger partial charge in [-0.15, -0.1) is 0 Å². The van der Waals surface area contributed by atoms with E-state index in [9.17, 15) is 0 Å². The lowest BCUT2D eigenvalue weighted by atomic mass is 10.1. The number of ether oxygens (including phenoxy) is 2. The summed E-state index contributed by atoms with van der Waals surface area (Å²) in [6.07, 6.45) is 0.794. The van der Waals surface area contributed by atoms with Crippen molar-refractivity contribution in [3.8, 4) is 0 Å². The second-order valence-corrected chi connectivity index (χ2v) is 4.35. The van der Waals surface area contributed by atoms with Gasteiger partial charge in [0.2, 0.25) is 0 Å². The zero-order valence-electron chi connectivity index (χ0n) is 9.83. The van der Waals surface area contributed by atoms with Gasteiger partial charge in [0.15, 0.2) is 0 Å². The maximum Gasteiger partial charge on any atom is 0.0834 e. The zero-order valence-corrected chi connectivity index (χ0v) is 9.83. The van der Waals surface area contributed by atoms with Gasteiger partial charge >= 0.3 is 0 Å². The van der Waals surface area contributed by atoms with Crippen LogP contribution in [0.2, 0.25) is 0 Å². The molecule has 1 atom stereocenters. The molecule has 0 saturated carbocycles. The Labute approximate surface area is 82.6 Å². The molecule has 0 bridgehead atoms. The van der Waals surface area contributed by atoms with Gasteiger partial charge in [0.05, 0.1) is 24.9 Å². The average Bonchev–Trinajstić information content (AvgIpc) is 1.96. The van der Waals surface area contributed by atoms with Gasteiger partial charge in [0.1, 0.15) is 0 Å². The zero-order chi connectivity index (χ0) is 10.4.